The van der Waals surface area contributed by atoms with E-state index in [0.29, 0.717) is 12.3 Å². The van der Waals surface area contributed by atoms with Gasteiger partial charge < -0.3 is 10.6 Å². The lowest BCUT2D eigenvalue weighted by atomic mass is 9.90. The van der Waals surface area contributed by atoms with Crippen LogP contribution in [0.25, 0.3) is 0 Å². The van der Waals surface area contributed by atoms with Crippen LogP contribution in [0.15, 0.2) is 24.5 Å². The molecule has 1 aromatic heterocycles. The van der Waals surface area contributed by atoms with Gasteiger partial charge in [-0.15, -0.1) is 0 Å². The van der Waals surface area contributed by atoms with E-state index in [2.05, 4.69) is 11.9 Å². The van der Waals surface area contributed by atoms with Crippen molar-refractivity contribution in [3.05, 3.63) is 30.1 Å². The zero-order valence-corrected chi connectivity index (χ0v) is 11.6. The fourth-order valence-electron chi connectivity index (χ4n) is 2.67. The largest absolute Gasteiger partial charge is 0.342 e. The zero-order valence-electron chi connectivity index (χ0n) is 11.6. The SMILES string of the molecule is CCC1CN(C(=O)CCc2ccncc2)CCC1N. The van der Waals surface area contributed by atoms with Crippen LogP contribution in [0.3, 0.4) is 0 Å². The van der Waals surface area contributed by atoms with Gasteiger partial charge in [0.25, 0.3) is 0 Å². The monoisotopic (exact) mass is 261 g/mol. The molecule has 0 bridgehead atoms. The first-order valence-corrected chi connectivity index (χ1v) is 7.13. The number of aryl methyl sites for hydroxylation is 1. The van der Waals surface area contributed by atoms with E-state index in [1.807, 2.05) is 17.0 Å². The van der Waals surface area contributed by atoms with Crippen LogP contribution < -0.4 is 5.73 Å². The summed E-state index contributed by atoms with van der Waals surface area (Å²) in [5.41, 5.74) is 7.24. The van der Waals surface area contributed by atoms with Crippen molar-refractivity contribution in [2.24, 2.45) is 11.7 Å². The molecule has 0 saturated carbocycles. The second kappa shape index (κ2) is 6.66. The molecule has 1 saturated heterocycles. The average molecular weight is 261 g/mol. The molecule has 2 rings (SSSR count). The summed E-state index contributed by atoms with van der Waals surface area (Å²) in [5, 5.41) is 0. The van der Waals surface area contributed by atoms with Crippen molar-refractivity contribution in [1.82, 2.24) is 9.88 Å². The molecule has 4 heteroatoms. The van der Waals surface area contributed by atoms with Crippen molar-refractivity contribution in [2.75, 3.05) is 13.1 Å². The summed E-state index contributed by atoms with van der Waals surface area (Å²) in [5.74, 6) is 0.709. The molecule has 1 fully saturated rings. The predicted octanol–water partition coefficient (Wildman–Crippen LogP) is 1.60. The normalized spacial score (nSPS) is 23.4. The van der Waals surface area contributed by atoms with Crippen LogP contribution in [0.5, 0.6) is 0 Å². The summed E-state index contributed by atoms with van der Waals surface area (Å²) in [6, 6.07) is 4.19. The van der Waals surface area contributed by atoms with Gasteiger partial charge in [-0.1, -0.05) is 13.3 Å². The molecular formula is C15H23N3O. The molecule has 19 heavy (non-hydrogen) atoms. The molecule has 2 heterocycles. The number of likely N-dealkylation sites (tertiary alicyclic amines) is 1. The van der Waals surface area contributed by atoms with Gasteiger partial charge in [0.2, 0.25) is 5.91 Å². The van der Waals surface area contributed by atoms with Gasteiger partial charge in [0.15, 0.2) is 0 Å². The minimum atomic E-state index is 0.252. The van der Waals surface area contributed by atoms with Crippen molar-refractivity contribution in [3.8, 4) is 0 Å². The number of hydrogen-bond acceptors (Lipinski definition) is 3. The summed E-state index contributed by atoms with van der Waals surface area (Å²) in [4.78, 5) is 18.2. The second-order valence-electron chi connectivity index (χ2n) is 5.32. The zero-order chi connectivity index (χ0) is 13.7. The number of carbonyl (C=O) groups is 1. The van der Waals surface area contributed by atoms with Crippen molar-refractivity contribution in [3.63, 3.8) is 0 Å². The Kier molecular flexibility index (Phi) is 4.91. The van der Waals surface area contributed by atoms with Gasteiger partial charge in [-0.05, 0) is 36.5 Å². The number of amides is 1. The number of piperidine rings is 1. The molecule has 0 aromatic carbocycles. The average Bonchev–Trinajstić information content (AvgIpc) is 2.46. The van der Waals surface area contributed by atoms with E-state index >= 15 is 0 Å². The Morgan fingerprint density at radius 1 is 1.47 bits per heavy atom. The summed E-state index contributed by atoms with van der Waals surface area (Å²) in [6.07, 6.45) is 6.89. The third-order valence-corrected chi connectivity index (χ3v) is 4.05. The highest BCUT2D eigenvalue weighted by Crippen LogP contribution is 2.19. The van der Waals surface area contributed by atoms with E-state index in [1.54, 1.807) is 12.4 Å². The van der Waals surface area contributed by atoms with Crippen LogP contribution >= 0.6 is 0 Å². The quantitative estimate of drug-likeness (QED) is 0.895. The molecule has 2 atom stereocenters. The predicted molar refractivity (Wildman–Crippen MR) is 75.5 cm³/mol. The van der Waals surface area contributed by atoms with E-state index in [4.69, 9.17) is 5.73 Å². The van der Waals surface area contributed by atoms with Gasteiger partial charge in [0.05, 0.1) is 0 Å². The number of hydrogen-bond donors (Lipinski definition) is 1. The van der Waals surface area contributed by atoms with E-state index in [0.717, 1.165) is 32.4 Å². The fraction of sp³-hybridized carbons (Fsp3) is 0.600. The van der Waals surface area contributed by atoms with Crippen LogP contribution in [0.1, 0.15) is 31.7 Å². The first-order valence-electron chi connectivity index (χ1n) is 7.13. The van der Waals surface area contributed by atoms with Crippen molar-refractivity contribution in [1.29, 1.82) is 0 Å². The topological polar surface area (TPSA) is 59.2 Å². The number of pyridine rings is 1. The minimum absolute atomic E-state index is 0.252. The van der Waals surface area contributed by atoms with E-state index in [9.17, 15) is 4.79 Å². The Labute approximate surface area is 115 Å². The third-order valence-electron chi connectivity index (χ3n) is 4.05. The number of nitrogens with zero attached hydrogens (tertiary/aromatic N) is 2. The molecule has 1 aliphatic rings. The fourth-order valence-corrected chi connectivity index (χ4v) is 2.67. The van der Waals surface area contributed by atoms with Crippen LogP contribution in [-0.4, -0.2) is 34.9 Å². The minimum Gasteiger partial charge on any atom is -0.342 e. The molecule has 0 spiro atoms. The number of aromatic nitrogens is 1. The van der Waals surface area contributed by atoms with Gasteiger partial charge >= 0.3 is 0 Å². The Hall–Kier alpha value is -1.42. The summed E-state index contributed by atoms with van der Waals surface area (Å²) in [6.45, 7) is 3.79. The van der Waals surface area contributed by atoms with Crippen molar-refractivity contribution >= 4 is 5.91 Å². The Bertz CT molecular complexity index is 407. The maximum absolute atomic E-state index is 12.2. The van der Waals surface area contributed by atoms with Gasteiger partial charge in [0.1, 0.15) is 0 Å². The van der Waals surface area contributed by atoms with Crippen LogP contribution in [-0.2, 0) is 11.2 Å². The molecule has 0 aliphatic carbocycles. The highest BCUT2D eigenvalue weighted by molar-refractivity contribution is 5.76. The van der Waals surface area contributed by atoms with E-state index in [1.165, 1.54) is 5.56 Å². The number of nitrogens with two attached hydrogens (primary N) is 1. The van der Waals surface area contributed by atoms with Gasteiger partial charge in [-0.2, -0.15) is 0 Å². The Morgan fingerprint density at radius 3 is 2.89 bits per heavy atom. The molecule has 104 valence electrons. The lowest BCUT2D eigenvalue weighted by Gasteiger charge is -2.36. The van der Waals surface area contributed by atoms with Gasteiger partial charge in [-0.3, -0.25) is 9.78 Å². The Morgan fingerprint density at radius 2 is 2.21 bits per heavy atom. The van der Waals surface area contributed by atoms with Crippen molar-refractivity contribution in [2.45, 2.75) is 38.6 Å². The maximum Gasteiger partial charge on any atom is 0.222 e. The third kappa shape index (κ3) is 3.77. The van der Waals surface area contributed by atoms with Crippen LogP contribution in [0.2, 0.25) is 0 Å². The maximum atomic E-state index is 12.2. The smallest absolute Gasteiger partial charge is 0.222 e. The summed E-state index contributed by atoms with van der Waals surface area (Å²) >= 11 is 0. The van der Waals surface area contributed by atoms with E-state index in [-0.39, 0.29) is 11.9 Å². The molecule has 1 aromatic rings. The molecule has 1 aliphatic heterocycles. The lowest BCUT2D eigenvalue weighted by Crippen LogP contribution is -2.49. The Balaban J connectivity index is 1.83. The molecule has 1 amide bonds. The van der Waals surface area contributed by atoms with Crippen molar-refractivity contribution < 1.29 is 4.79 Å². The molecule has 2 unspecified atom stereocenters. The molecule has 0 radical (unpaired) electrons. The molecule has 4 nitrogen and oxygen atoms in total. The van der Waals surface area contributed by atoms with Crippen LogP contribution in [0, 0.1) is 5.92 Å². The number of carbonyl (C=O) groups excluding carboxylic acids is 1. The summed E-state index contributed by atoms with van der Waals surface area (Å²) in [7, 11) is 0. The lowest BCUT2D eigenvalue weighted by molar-refractivity contribution is -0.133. The second-order valence-corrected chi connectivity index (χ2v) is 5.32. The van der Waals surface area contributed by atoms with Gasteiger partial charge in [0, 0.05) is 37.9 Å². The van der Waals surface area contributed by atoms with E-state index < -0.39 is 0 Å². The highest BCUT2D eigenvalue weighted by Gasteiger charge is 2.27. The summed E-state index contributed by atoms with van der Waals surface area (Å²) < 4.78 is 0. The first-order chi connectivity index (χ1) is 9.20. The first kappa shape index (κ1) is 14.0. The standard InChI is InChI=1S/C15H23N3O/c1-2-13-11-18(10-7-14(13)16)15(19)4-3-12-5-8-17-9-6-12/h5-6,8-9,13-14H,2-4,7,10-11,16H2,1H3. The highest BCUT2D eigenvalue weighted by atomic mass is 16.2. The van der Waals surface area contributed by atoms with Gasteiger partial charge in [-0.25, -0.2) is 0 Å². The molecular weight excluding hydrogens is 238 g/mol. The number of rotatable bonds is 4. The van der Waals surface area contributed by atoms with Crippen LogP contribution in [0.4, 0.5) is 0 Å². The molecule has 2 N–H and O–H groups in total.